The van der Waals surface area contributed by atoms with Gasteiger partial charge >= 0.3 is 0 Å². The summed E-state index contributed by atoms with van der Waals surface area (Å²) in [5, 5.41) is 3.50. The highest BCUT2D eigenvalue weighted by atomic mass is 16.2. The van der Waals surface area contributed by atoms with Crippen LogP contribution in [-0.2, 0) is 4.79 Å². The molecular formula is C21H42N2O. The number of piperazine rings is 1. The first-order chi connectivity index (χ1) is 11.5. The molecule has 1 heterocycles. The van der Waals surface area contributed by atoms with Crippen LogP contribution in [-0.4, -0.2) is 36.0 Å². The van der Waals surface area contributed by atoms with Gasteiger partial charge in [0, 0.05) is 31.6 Å². The van der Waals surface area contributed by atoms with Gasteiger partial charge in [-0.2, -0.15) is 0 Å². The van der Waals surface area contributed by atoms with Crippen molar-refractivity contribution in [3.05, 3.63) is 0 Å². The number of unbranched alkanes of at least 4 members (excludes halogenated alkanes) is 6. The van der Waals surface area contributed by atoms with Crippen molar-refractivity contribution in [2.75, 3.05) is 19.6 Å². The fraction of sp³-hybridized carbons (Fsp3) is 0.952. The van der Waals surface area contributed by atoms with Gasteiger partial charge in [0.2, 0.25) is 5.91 Å². The number of carbonyl (C=O) groups excluding carboxylic acids is 1. The van der Waals surface area contributed by atoms with Gasteiger partial charge in [-0.15, -0.1) is 0 Å². The topological polar surface area (TPSA) is 32.3 Å². The monoisotopic (exact) mass is 338 g/mol. The van der Waals surface area contributed by atoms with E-state index < -0.39 is 0 Å². The summed E-state index contributed by atoms with van der Waals surface area (Å²) in [5.41, 5.74) is 0.0612. The Hall–Kier alpha value is -0.570. The second kappa shape index (κ2) is 11.9. The predicted molar refractivity (Wildman–Crippen MR) is 104 cm³/mol. The standard InChI is InChI=1S/C21H42N2O/c1-5-7-9-11-13-19(14-12-10-8-6-2)17-20(24)23-16-15-22-21(3,4)18-23/h19,22H,5-18H2,1-4H3. The number of carbonyl (C=O) groups is 1. The average Bonchev–Trinajstić information content (AvgIpc) is 2.54. The normalized spacial score (nSPS) is 17.5. The fourth-order valence-electron chi connectivity index (χ4n) is 3.80. The summed E-state index contributed by atoms with van der Waals surface area (Å²) >= 11 is 0. The smallest absolute Gasteiger partial charge is 0.222 e. The quantitative estimate of drug-likeness (QED) is 0.499. The Morgan fingerprint density at radius 2 is 1.58 bits per heavy atom. The molecule has 0 unspecified atom stereocenters. The molecule has 0 atom stereocenters. The molecule has 0 aromatic heterocycles. The van der Waals surface area contributed by atoms with E-state index in [0.717, 1.165) is 26.1 Å². The molecule has 0 aromatic carbocycles. The van der Waals surface area contributed by atoms with Gasteiger partial charge in [0.25, 0.3) is 0 Å². The Morgan fingerprint density at radius 3 is 2.08 bits per heavy atom. The molecule has 0 radical (unpaired) electrons. The van der Waals surface area contributed by atoms with Gasteiger partial charge in [-0.25, -0.2) is 0 Å². The van der Waals surface area contributed by atoms with Crippen LogP contribution in [0, 0.1) is 5.92 Å². The Bertz CT molecular complexity index is 329. The predicted octanol–water partition coefficient (Wildman–Crippen LogP) is 5.14. The molecule has 1 saturated heterocycles. The van der Waals surface area contributed by atoms with Crippen molar-refractivity contribution in [3.63, 3.8) is 0 Å². The number of nitrogens with one attached hydrogen (secondary N) is 1. The van der Waals surface area contributed by atoms with E-state index in [1.54, 1.807) is 0 Å². The van der Waals surface area contributed by atoms with Crippen LogP contribution < -0.4 is 5.32 Å². The maximum Gasteiger partial charge on any atom is 0.222 e. The first-order valence-electron chi connectivity index (χ1n) is 10.5. The van der Waals surface area contributed by atoms with Gasteiger partial charge in [-0.3, -0.25) is 4.79 Å². The minimum atomic E-state index is 0.0612. The lowest BCUT2D eigenvalue weighted by atomic mass is 9.90. The van der Waals surface area contributed by atoms with Crippen molar-refractivity contribution in [1.29, 1.82) is 0 Å². The van der Waals surface area contributed by atoms with Gasteiger partial charge in [0.15, 0.2) is 0 Å². The van der Waals surface area contributed by atoms with Crippen LogP contribution in [0.2, 0.25) is 0 Å². The molecule has 1 amide bonds. The lowest BCUT2D eigenvalue weighted by Crippen LogP contribution is -2.58. The first kappa shape index (κ1) is 21.5. The third-order valence-electron chi connectivity index (χ3n) is 5.32. The second-order valence-electron chi connectivity index (χ2n) is 8.39. The van der Waals surface area contributed by atoms with Crippen molar-refractivity contribution in [2.24, 2.45) is 5.92 Å². The Morgan fingerprint density at radius 1 is 1.00 bits per heavy atom. The van der Waals surface area contributed by atoms with E-state index in [4.69, 9.17) is 0 Å². The molecule has 0 saturated carbocycles. The SMILES string of the molecule is CCCCCCC(CCCCCC)CC(=O)N1CCNC(C)(C)C1. The fourth-order valence-corrected chi connectivity index (χ4v) is 3.80. The summed E-state index contributed by atoms with van der Waals surface area (Å²) in [6, 6.07) is 0. The number of hydrogen-bond donors (Lipinski definition) is 1. The maximum atomic E-state index is 12.8. The van der Waals surface area contributed by atoms with Gasteiger partial charge in [0.1, 0.15) is 0 Å². The maximum absolute atomic E-state index is 12.8. The van der Waals surface area contributed by atoms with Gasteiger partial charge in [-0.05, 0) is 32.6 Å². The summed E-state index contributed by atoms with van der Waals surface area (Å²) in [7, 11) is 0. The van der Waals surface area contributed by atoms with Crippen LogP contribution in [0.3, 0.4) is 0 Å². The van der Waals surface area contributed by atoms with Crippen molar-refractivity contribution >= 4 is 5.91 Å². The molecule has 1 rings (SSSR count). The summed E-state index contributed by atoms with van der Waals surface area (Å²) in [6.07, 6.45) is 13.8. The molecule has 0 aromatic rings. The van der Waals surface area contributed by atoms with E-state index >= 15 is 0 Å². The molecule has 3 nitrogen and oxygen atoms in total. The third-order valence-corrected chi connectivity index (χ3v) is 5.32. The Balaban J connectivity index is 2.43. The molecule has 0 bridgehead atoms. The number of nitrogens with zero attached hydrogens (tertiary/aromatic N) is 1. The van der Waals surface area contributed by atoms with E-state index in [9.17, 15) is 4.79 Å². The summed E-state index contributed by atoms with van der Waals surface area (Å²) in [5.74, 6) is 0.991. The molecule has 0 spiro atoms. The highest BCUT2D eigenvalue weighted by Crippen LogP contribution is 2.23. The van der Waals surface area contributed by atoms with Crippen LogP contribution in [0.5, 0.6) is 0 Å². The molecule has 1 N–H and O–H groups in total. The zero-order valence-electron chi connectivity index (χ0n) is 16.8. The van der Waals surface area contributed by atoms with Crippen LogP contribution in [0.15, 0.2) is 0 Å². The lowest BCUT2D eigenvalue weighted by Gasteiger charge is -2.39. The van der Waals surface area contributed by atoms with E-state index in [-0.39, 0.29) is 5.54 Å². The molecule has 3 heteroatoms. The zero-order valence-corrected chi connectivity index (χ0v) is 16.8. The van der Waals surface area contributed by atoms with E-state index in [1.165, 1.54) is 64.2 Å². The third kappa shape index (κ3) is 9.05. The van der Waals surface area contributed by atoms with Crippen LogP contribution in [0.25, 0.3) is 0 Å². The largest absolute Gasteiger partial charge is 0.340 e. The van der Waals surface area contributed by atoms with Crippen molar-refractivity contribution in [1.82, 2.24) is 10.2 Å². The average molecular weight is 339 g/mol. The zero-order chi connectivity index (χ0) is 17.8. The van der Waals surface area contributed by atoms with Crippen molar-refractivity contribution < 1.29 is 4.79 Å². The lowest BCUT2D eigenvalue weighted by molar-refractivity contribution is -0.134. The molecule has 1 aliphatic heterocycles. The second-order valence-corrected chi connectivity index (χ2v) is 8.39. The number of amides is 1. The highest BCUT2D eigenvalue weighted by molar-refractivity contribution is 5.76. The van der Waals surface area contributed by atoms with E-state index in [2.05, 4.69) is 37.9 Å². The van der Waals surface area contributed by atoms with Crippen molar-refractivity contribution in [2.45, 2.75) is 104 Å². The van der Waals surface area contributed by atoms with E-state index in [1.807, 2.05) is 0 Å². The Labute approximate surface area is 151 Å². The molecule has 1 fully saturated rings. The summed E-state index contributed by atoms with van der Waals surface area (Å²) in [6.45, 7) is 11.6. The van der Waals surface area contributed by atoms with Crippen LogP contribution in [0.4, 0.5) is 0 Å². The van der Waals surface area contributed by atoms with Crippen molar-refractivity contribution in [3.8, 4) is 0 Å². The van der Waals surface area contributed by atoms with Gasteiger partial charge < -0.3 is 10.2 Å². The van der Waals surface area contributed by atoms with Crippen LogP contribution in [0.1, 0.15) is 98.3 Å². The number of hydrogen-bond acceptors (Lipinski definition) is 2. The summed E-state index contributed by atoms with van der Waals surface area (Å²) < 4.78 is 0. The molecular weight excluding hydrogens is 296 g/mol. The molecule has 24 heavy (non-hydrogen) atoms. The molecule has 0 aliphatic carbocycles. The summed E-state index contributed by atoms with van der Waals surface area (Å²) in [4.78, 5) is 14.9. The highest BCUT2D eigenvalue weighted by Gasteiger charge is 2.29. The number of rotatable bonds is 12. The van der Waals surface area contributed by atoms with Gasteiger partial charge in [-0.1, -0.05) is 65.2 Å². The van der Waals surface area contributed by atoms with Gasteiger partial charge in [0.05, 0.1) is 0 Å². The molecule has 1 aliphatic rings. The van der Waals surface area contributed by atoms with E-state index in [0.29, 0.717) is 11.8 Å². The minimum absolute atomic E-state index is 0.0612. The van der Waals surface area contributed by atoms with Crippen LogP contribution >= 0.6 is 0 Å². The Kier molecular flexibility index (Phi) is 10.6. The first-order valence-corrected chi connectivity index (χ1v) is 10.5. The minimum Gasteiger partial charge on any atom is -0.340 e. The molecule has 142 valence electrons.